The fourth-order valence-electron chi connectivity index (χ4n) is 4.31. The van der Waals surface area contributed by atoms with Crippen molar-refractivity contribution < 1.29 is 27.9 Å². The summed E-state index contributed by atoms with van der Waals surface area (Å²) in [6.07, 6.45) is -5.07. The molecule has 0 radical (unpaired) electrons. The van der Waals surface area contributed by atoms with E-state index in [1.165, 1.54) is 12.1 Å². The second kappa shape index (κ2) is 11.5. The number of aliphatic carboxylic acids is 1. The summed E-state index contributed by atoms with van der Waals surface area (Å²) < 4.78 is 41.9. The minimum atomic E-state index is -4.62. The smallest absolute Gasteiger partial charge is 0.416 e. The highest BCUT2D eigenvalue weighted by Crippen LogP contribution is 2.32. The molecule has 0 aliphatic heterocycles. The number of hydrogen-bond acceptors (Lipinski definition) is 5. The number of carbonyl (C=O) groups excluding carboxylic acids is 1. The molecule has 0 aliphatic rings. The van der Waals surface area contributed by atoms with E-state index in [-0.39, 0.29) is 23.6 Å². The van der Waals surface area contributed by atoms with Gasteiger partial charge in [-0.25, -0.2) is 4.98 Å². The third kappa shape index (κ3) is 6.22. The molecule has 3 aromatic carbocycles. The van der Waals surface area contributed by atoms with Crippen molar-refractivity contribution in [3.63, 3.8) is 0 Å². The van der Waals surface area contributed by atoms with E-state index in [0.29, 0.717) is 30.0 Å². The van der Waals surface area contributed by atoms with Gasteiger partial charge in [0.15, 0.2) is 0 Å². The Morgan fingerprint density at radius 1 is 1.07 bits per heavy atom. The summed E-state index contributed by atoms with van der Waals surface area (Å²) in [5, 5.41) is 19.9. The first-order chi connectivity index (χ1) is 19.0. The molecule has 1 amide bonds. The van der Waals surface area contributed by atoms with Gasteiger partial charge in [0.1, 0.15) is 11.7 Å². The van der Waals surface area contributed by atoms with Gasteiger partial charge < -0.3 is 25.6 Å². The molecule has 40 heavy (non-hydrogen) atoms. The van der Waals surface area contributed by atoms with Gasteiger partial charge in [-0.1, -0.05) is 6.07 Å². The average molecular weight is 553 g/mol. The van der Waals surface area contributed by atoms with Crippen LogP contribution < -0.4 is 16.0 Å². The molecule has 0 fully saturated rings. The number of amidine groups is 1. The number of aromatic nitrogens is 2. The summed E-state index contributed by atoms with van der Waals surface area (Å²) in [4.78, 5) is 30.4. The number of imidazole rings is 1. The summed E-state index contributed by atoms with van der Waals surface area (Å²) in [5.74, 6) is -1.16. The van der Waals surface area contributed by atoms with Gasteiger partial charge >= 0.3 is 12.1 Å². The monoisotopic (exact) mass is 552 g/mol. The Morgan fingerprint density at radius 2 is 1.77 bits per heavy atom. The number of rotatable bonds is 10. The highest BCUT2D eigenvalue weighted by atomic mass is 19.4. The van der Waals surface area contributed by atoms with Crippen molar-refractivity contribution in [2.75, 3.05) is 16.8 Å². The van der Waals surface area contributed by atoms with Crippen molar-refractivity contribution >= 4 is 40.1 Å². The van der Waals surface area contributed by atoms with E-state index in [1.54, 1.807) is 42.5 Å². The Kier molecular flexibility index (Phi) is 8.08. The predicted octanol–water partition coefficient (Wildman–Crippen LogP) is 5.09. The lowest BCUT2D eigenvalue weighted by Gasteiger charge is -2.23. The average Bonchev–Trinajstić information content (AvgIpc) is 3.28. The number of nitrogen functional groups attached to an aromatic ring is 1. The van der Waals surface area contributed by atoms with E-state index in [2.05, 4.69) is 10.3 Å². The maximum atomic E-state index is 13.5. The molecule has 4 aromatic rings. The first-order valence-corrected chi connectivity index (χ1v) is 12.4. The van der Waals surface area contributed by atoms with E-state index < -0.39 is 30.0 Å². The number of benzene rings is 3. The number of hydrogen-bond donors (Lipinski definition) is 4. The molecule has 12 heteroatoms. The Bertz CT molecular complexity index is 1560. The number of carbonyl (C=O) groups is 2. The number of nitrogens with zero attached hydrogens (tertiary/aromatic N) is 3. The summed E-state index contributed by atoms with van der Waals surface area (Å²) in [6, 6.07) is 16.1. The molecule has 0 saturated heterocycles. The van der Waals surface area contributed by atoms with Crippen LogP contribution >= 0.6 is 0 Å². The van der Waals surface area contributed by atoms with E-state index in [4.69, 9.17) is 16.2 Å². The molecule has 0 unspecified atom stereocenters. The molecule has 1 heterocycles. The van der Waals surface area contributed by atoms with Gasteiger partial charge in [-0.3, -0.25) is 15.0 Å². The number of amides is 1. The third-order valence-electron chi connectivity index (χ3n) is 6.32. The number of anilines is 2. The molecule has 0 atom stereocenters. The molecule has 0 saturated carbocycles. The quantitative estimate of drug-likeness (QED) is 0.160. The van der Waals surface area contributed by atoms with Gasteiger partial charge in [0.25, 0.3) is 5.91 Å². The highest BCUT2D eigenvalue weighted by molar-refractivity contribution is 6.08. The molecular weight excluding hydrogens is 525 g/mol. The summed E-state index contributed by atoms with van der Waals surface area (Å²) in [6.45, 7) is 2.60. The number of carboxylic acids is 1. The largest absolute Gasteiger partial charge is 0.481 e. The molecule has 208 valence electrons. The van der Waals surface area contributed by atoms with Crippen LogP contribution in [0.5, 0.6) is 0 Å². The zero-order valence-corrected chi connectivity index (χ0v) is 21.5. The van der Waals surface area contributed by atoms with Crippen molar-refractivity contribution in [1.82, 2.24) is 9.55 Å². The summed E-state index contributed by atoms with van der Waals surface area (Å²) in [5.41, 5.74) is 7.34. The van der Waals surface area contributed by atoms with E-state index in [9.17, 15) is 22.8 Å². The van der Waals surface area contributed by atoms with Crippen LogP contribution in [0, 0.1) is 5.41 Å². The Balaban J connectivity index is 1.63. The molecule has 0 aliphatic carbocycles. The Hall–Kier alpha value is -4.87. The number of halogens is 3. The predicted molar refractivity (Wildman–Crippen MR) is 146 cm³/mol. The number of nitrogens with one attached hydrogen (secondary N) is 2. The number of alkyl halides is 3. The standard InChI is InChI=1S/C28H27F3N6O3/c1-2-36-23-11-8-18(14-22(23)35-24(36)16-34-20-9-6-17(7-10-20)26(32)33)27(40)37(13-12-25(38)39)21-5-3-4-19(15-21)28(29,30)31/h3-11,14-15,34H,2,12-13,16H2,1H3,(H3,32,33)(H,38,39). The van der Waals surface area contributed by atoms with Crippen LogP contribution in [0.1, 0.15) is 40.7 Å². The number of carboxylic acid groups (broad SMARTS) is 1. The summed E-state index contributed by atoms with van der Waals surface area (Å²) in [7, 11) is 0. The number of aryl methyl sites for hydroxylation is 1. The van der Waals surface area contributed by atoms with E-state index >= 15 is 0 Å². The molecule has 1 aromatic heterocycles. The van der Waals surface area contributed by atoms with Crippen LogP contribution in [0.25, 0.3) is 11.0 Å². The second-order valence-corrected chi connectivity index (χ2v) is 8.97. The molecule has 9 nitrogen and oxygen atoms in total. The molecule has 0 bridgehead atoms. The van der Waals surface area contributed by atoms with Crippen LogP contribution in [0.2, 0.25) is 0 Å². The molecule has 4 rings (SSSR count). The van der Waals surface area contributed by atoms with Gasteiger partial charge in [0.05, 0.1) is 29.6 Å². The van der Waals surface area contributed by atoms with E-state index in [0.717, 1.165) is 28.2 Å². The maximum Gasteiger partial charge on any atom is 0.416 e. The highest BCUT2D eigenvalue weighted by Gasteiger charge is 2.31. The summed E-state index contributed by atoms with van der Waals surface area (Å²) >= 11 is 0. The Morgan fingerprint density at radius 3 is 2.40 bits per heavy atom. The molecule has 0 spiro atoms. The zero-order valence-electron chi connectivity index (χ0n) is 21.5. The van der Waals surface area contributed by atoms with Crippen molar-refractivity contribution in [1.29, 1.82) is 5.41 Å². The van der Waals surface area contributed by atoms with Gasteiger partial charge in [0.2, 0.25) is 0 Å². The SMILES string of the molecule is CCn1c(CNc2ccc(C(=N)N)cc2)nc2cc(C(=O)N(CCC(=O)O)c3cccc(C(F)(F)F)c3)ccc21. The van der Waals surface area contributed by atoms with Gasteiger partial charge in [0, 0.05) is 35.6 Å². The van der Waals surface area contributed by atoms with Gasteiger partial charge in [-0.15, -0.1) is 0 Å². The van der Waals surface area contributed by atoms with Crippen molar-refractivity contribution in [2.24, 2.45) is 5.73 Å². The van der Waals surface area contributed by atoms with Crippen LogP contribution in [-0.4, -0.2) is 38.9 Å². The lowest BCUT2D eigenvalue weighted by atomic mass is 10.1. The minimum Gasteiger partial charge on any atom is -0.481 e. The zero-order chi connectivity index (χ0) is 29.0. The fraction of sp³-hybridized carbons (Fsp3) is 0.214. The van der Waals surface area contributed by atoms with Gasteiger partial charge in [-0.05, 0) is 67.6 Å². The first-order valence-electron chi connectivity index (χ1n) is 12.4. The first kappa shape index (κ1) is 28.1. The van der Waals surface area contributed by atoms with Crippen LogP contribution in [0.4, 0.5) is 24.5 Å². The normalized spacial score (nSPS) is 11.4. The Labute approximate surface area is 227 Å². The third-order valence-corrected chi connectivity index (χ3v) is 6.32. The lowest BCUT2D eigenvalue weighted by Crippen LogP contribution is -2.33. The minimum absolute atomic E-state index is 0.0285. The second-order valence-electron chi connectivity index (χ2n) is 8.97. The van der Waals surface area contributed by atoms with Crippen LogP contribution in [0.15, 0.2) is 66.7 Å². The maximum absolute atomic E-state index is 13.5. The van der Waals surface area contributed by atoms with Crippen LogP contribution in [-0.2, 0) is 24.1 Å². The van der Waals surface area contributed by atoms with Crippen molar-refractivity contribution in [3.8, 4) is 0 Å². The van der Waals surface area contributed by atoms with Gasteiger partial charge in [-0.2, -0.15) is 13.2 Å². The molecule has 5 N–H and O–H groups in total. The van der Waals surface area contributed by atoms with Crippen molar-refractivity contribution in [3.05, 3.63) is 89.2 Å². The number of fused-ring (bicyclic) bond motifs is 1. The topological polar surface area (TPSA) is 137 Å². The fourth-order valence-corrected chi connectivity index (χ4v) is 4.31. The van der Waals surface area contributed by atoms with Crippen molar-refractivity contribution in [2.45, 2.75) is 32.6 Å². The van der Waals surface area contributed by atoms with E-state index in [1.807, 2.05) is 11.5 Å². The molecular formula is C28H27F3N6O3. The lowest BCUT2D eigenvalue weighted by molar-refractivity contribution is -0.138. The van der Waals surface area contributed by atoms with Crippen LogP contribution in [0.3, 0.4) is 0 Å². The number of nitrogens with two attached hydrogens (primary N) is 1.